The van der Waals surface area contributed by atoms with Crippen molar-refractivity contribution in [2.24, 2.45) is 0 Å². The van der Waals surface area contributed by atoms with Gasteiger partial charge < -0.3 is 20.3 Å². The topological polar surface area (TPSA) is 78.8 Å². The zero-order valence-electron chi connectivity index (χ0n) is 14.6. The van der Waals surface area contributed by atoms with Crippen LogP contribution in [0, 0.1) is 0 Å². The predicted molar refractivity (Wildman–Crippen MR) is 96.1 cm³/mol. The molecule has 3 N–H and O–H groups in total. The molecule has 2 unspecified atom stereocenters. The fourth-order valence-electron chi connectivity index (χ4n) is 2.59. The molecule has 0 radical (unpaired) electrons. The number of benzene rings is 2. The van der Waals surface area contributed by atoms with Crippen molar-refractivity contribution in [1.82, 2.24) is 5.32 Å². The maximum Gasteiger partial charge on any atom is 0.407 e. The largest absolute Gasteiger partial charge is 0.445 e. The second-order valence-electron chi connectivity index (χ2n) is 6.24. The van der Waals surface area contributed by atoms with Crippen LogP contribution in [0.2, 0.25) is 0 Å². The number of hydrogen-bond donors (Lipinski definition) is 3. The monoisotopic (exact) mass is 343 g/mol. The molecule has 0 spiro atoms. The maximum atomic E-state index is 11.7. The third kappa shape index (κ3) is 5.59. The molecule has 2 aromatic rings. The molecule has 5 nitrogen and oxygen atoms in total. The lowest BCUT2D eigenvalue weighted by molar-refractivity contribution is 0.0178. The number of aliphatic hydroxyl groups is 2. The first-order chi connectivity index (χ1) is 12.0. The molecular weight excluding hydrogens is 318 g/mol. The van der Waals surface area contributed by atoms with E-state index in [9.17, 15) is 15.0 Å². The summed E-state index contributed by atoms with van der Waals surface area (Å²) in [6.07, 6.45) is -2.83. The highest BCUT2D eigenvalue weighted by Gasteiger charge is 2.22. The maximum absolute atomic E-state index is 11.7. The van der Waals surface area contributed by atoms with Gasteiger partial charge in [0.05, 0.1) is 0 Å². The molecule has 0 bridgehead atoms. The van der Waals surface area contributed by atoms with E-state index in [1.54, 1.807) is 6.07 Å². The van der Waals surface area contributed by atoms with E-state index >= 15 is 0 Å². The summed E-state index contributed by atoms with van der Waals surface area (Å²) >= 11 is 0. The Morgan fingerprint density at radius 2 is 1.60 bits per heavy atom. The third-order valence-electron chi connectivity index (χ3n) is 3.97. The van der Waals surface area contributed by atoms with E-state index in [2.05, 4.69) is 5.32 Å². The molecule has 2 aromatic carbocycles. The van der Waals surface area contributed by atoms with Gasteiger partial charge in [0.1, 0.15) is 18.8 Å². The SMILES string of the molecule is CC(C)c1ccccc1C(O)C(O)CNC(=O)OCc1ccccc1. The standard InChI is InChI=1S/C20H25NO4/c1-14(2)16-10-6-7-11-17(16)19(23)18(22)12-21-20(24)25-13-15-8-4-3-5-9-15/h3-11,14,18-19,22-23H,12-13H2,1-2H3,(H,21,24). The third-order valence-corrected chi connectivity index (χ3v) is 3.97. The van der Waals surface area contributed by atoms with Gasteiger partial charge in [-0.25, -0.2) is 4.79 Å². The Morgan fingerprint density at radius 1 is 1.00 bits per heavy atom. The van der Waals surface area contributed by atoms with Crippen LogP contribution in [-0.2, 0) is 11.3 Å². The summed E-state index contributed by atoms with van der Waals surface area (Å²) < 4.78 is 5.08. The number of aliphatic hydroxyl groups excluding tert-OH is 2. The quantitative estimate of drug-likeness (QED) is 0.722. The fraction of sp³-hybridized carbons (Fsp3) is 0.350. The molecule has 0 heterocycles. The second-order valence-corrected chi connectivity index (χ2v) is 6.24. The first-order valence-electron chi connectivity index (χ1n) is 8.38. The Kier molecular flexibility index (Phi) is 6.98. The molecule has 0 fully saturated rings. The Hall–Kier alpha value is -2.37. The van der Waals surface area contributed by atoms with Crippen molar-refractivity contribution < 1.29 is 19.7 Å². The van der Waals surface area contributed by atoms with E-state index in [0.29, 0.717) is 5.56 Å². The van der Waals surface area contributed by atoms with Crippen LogP contribution in [0.4, 0.5) is 4.79 Å². The van der Waals surface area contributed by atoms with Gasteiger partial charge in [0.15, 0.2) is 0 Å². The van der Waals surface area contributed by atoms with Crippen LogP contribution < -0.4 is 5.32 Å². The summed E-state index contributed by atoms with van der Waals surface area (Å²) in [5, 5.41) is 23.1. The van der Waals surface area contributed by atoms with Crippen molar-refractivity contribution in [2.45, 2.75) is 38.6 Å². The predicted octanol–water partition coefficient (Wildman–Crippen LogP) is 3.13. The van der Waals surface area contributed by atoms with Crippen LogP contribution in [0.3, 0.4) is 0 Å². The molecule has 134 valence electrons. The van der Waals surface area contributed by atoms with Crippen LogP contribution >= 0.6 is 0 Å². The number of nitrogens with one attached hydrogen (secondary N) is 1. The lowest BCUT2D eigenvalue weighted by atomic mass is 9.92. The van der Waals surface area contributed by atoms with Gasteiger partial charge in [0.25, 0.3) is 0 Å². The Bertz CT molecular complexity index is 672. The van der Waals surface area contributed by atoms with Crippen molar-refractivity contribution >= 4 is 6.09 Å². The van der Waals surface area contributed by atoms with Gasteiger partial charge in [0.2, 0.25) is 0 Å². The Morgan fingerprint density at radius 3 is 2.24 bits per heavy atom. The van der Waals surface area contributed by atoms with Gasteiger partial charge in [-0.05, 0) is 22.6 Å². The van der Waals surface area contributed by atoms with Crippen LogP contribution in [0.25, 0.3) is 0 Å². The molecule has 0 aliphatic rings. The normalized spacial score (nSPS) is 13.3. The summed E-state index contributed by atoms with van der Waals surface area (Å²) in [5.74, 6) is 0.224. The number of amides is 1. The molecule has 0 aliphatic carbocycles. The molecule has 1 amide bonds. The highest BCUT2D eigenvalue weighted by atomic mass is 16.5. The van der Waals surface area contributed by atoms with Crippen LogP contribution in [0.5, 0.6) is 0 Å². The molecule has 25 heavy (non-hydrogen) atoms. The van der Waals surface area contributed by atoms with Gasteiger partial charge in [-0.1, -0.05) is 68.4 Å². The van der Waals surface area contributed by atoms with Crippen LogP contribution in [0.15, 0.2) is 54.6 Å². The molecular formula is C20H25NO4. The van der Waals surface area contributed by atoms with Crippen LogP contribution in [0.1, 0.15) is 42.6 Å². The summed E-state index contributed by atoms with van der Waals surface area (Å²) in [6, 6.07) is 16.8. The Labute approximate surface area is 148 Å². The summed E-state index contributed by atoms with van der Waals surface area (Å²) in [4.78, 5) is 11.7. The van der Waals surface area contributed by atoms with Gasteiger partial charge in [-0.15, -0.1) is 0 Å². The Balaban J connectivity index is 1.85. The van der Waals surface area contributed by atoms with Gasteiger partial charge in [-0.3, -0.25) is 0 Å². The number of hydrogen-bond acceptors (Lipinski definition) is 4. The highest BCUT2D eigenvalue weighted by molar-refractivity contribution is 5.67. The molecule has 5 heteroatoms. The van der Waals surface area contributed by atoms with Gasteiger partial charge in [0, 0.05) is 6.54 Å². The minimum absolute atomic E-state index is 0.0960. The summed E-state index contributed by atoms with van der Waals surface area (Å²) in [7, 11) is 0. The molecule has 0 saturated carbocycles. The lowest BCUT2D eigenvalue weighted by Crippen LogP contribution is -2.36. The van der Waals surface area contributed by atoms with Crippen LogP contribution in [-0.4, -0.2) is 29.0 Å². The summed E-state index contributed by atoms with van der Waals surface area (Å²) in [5.41, 5.74) is 2.52. The number of carbonyl (C=O) groups excluding carboxylic acids is 1. The van der Waals surface area contributed by atoms with Gasteiger partial charge in [-0.2, -0.15) is 0 Å². The average Bonchev–Trinajstić information content (AvgIpc) is 2.64. The summed E-state index contributed by atoms with van der Waals surface area (Å²) in [6.45, 7) is 4.11. The van der Waals surface area contributed by atoms with Crippen molar-refractivity contribution in [3.8, 4) is 0 Å². The van der Waals surface area contributed by atoms with E-state index in [0.717, 1.165) is 11.1 Å². The zero-order chi connectivity index (χ0) is 18.2. The fourth-order valence-corrected chi connectivity index (χ4v) is 2.59. The van der Waals surface area contributed by atoms with Crippen molar-refractivity contribution in [2.75, 3.05) is 6.54 Å². The molecule has 0 aromatic heterocycles. The lowest BCUT2D eigenvalue weighted by Gasteiger charge is -2.22. The average molecular weight is 343 g/mol. The highest BCUT2D eigenvalue weighted by Crippen LogP contribution is 2.26. The molecule has 0 saturated heterocycles. The molecule has 2 rings (SSSR count). The number of rotatable bonds is 7. The van der Waals surface area contributed by atoms with E-state index in [1.165, 1.54) is 0 Å². The first kappa shape index (κ1) is 19.0. The van der Waals surface area contributed by atoms with E-state index in [-0.39, 0.29) is 19.1 Å². The molecule has 0 aliphatic heterocycles. The number of carbonyl (C=O) groups is 1. The number of alkyl carbamates (subject to hydrolysis) is 1. The smallest absolute Gasteiger partial charge is 0.407 e. The van der Waals surface area contributed by atoms with E-state index < -0.39 is 18.3 Å². The minimum Gasteiger partial charge on any atom is -0.445 e. The van der Waals surface area contributed by atoms with Crippen molar-refractivity contribution in [3.63, 3.8) is 0 Å². The minimum atomic E-state index is -1.12. The van der Waals surface area contributed by atoms with Gasteiger partial charge >= 0.3 is 6.09 Å². The zero-order valence-corrected chi connectivity index (χ0v) is 14.6. The van der Waals surface area contributed by atoms with Crippen molar-refractivity contribution in [1.29, 1.82) is 0 Å². The van der Waals surface area contributed by atoms with E-state index in [4.69, 9.17) is 4.74 Å². The first-order valence-corrected chi connectivity index (χ1v) is 8.38. The second kappa shape index (κ2) is 9.20. The number of ether oxygens (including phenoxy) is 1. The van der Waals surface area contributed by atoms with Crippen molar-refractivity contribution in [3.05, 3.63) is 71.3 Å². The van der Waals surface area contributed by atoms with E-state index in [1.807, 2.05) is 62.4 Å². The molecule has 2 atom stereocenters.